The van der Waals surface area contributed by atoms with Crippen LogP contribution in [0.4, 0.5) is 0 Å². The fourth-order valence-corrected chi connectivity index (χ4v) is 2.17. The van der Waals surface area contributed by atoms with E-state index in [4.69, 9.17) is 10.2 Å². The van der Waals surface area contributed by atoms with Gasteiger partial charge in [-0.15, -0.1) is 0 Å². The second-order valence-corrected chi connectivity index (χ2v) is 3.89. The number of likely N-dealkylation sites (N-methyl/N-ethyl adjacent to an activating group) is 1. The van der Waals surface area contributed by atoms with Gasteiger partial charge in [-0.25, -0.2) is 0 Å². The van der Waals surface area contributed by atoms with Crippen LogP contribution in [-0.4, -0.2) is 46.8 Å². The summed E-state index contributed by atoms with van der Waals surface area (Å²) in [6, 6.07) is -0.342. The zero-order valence-corrected chi connectivity index (χ0v) is 8.65. The molecule has 0 saturated carbocycles. The molecule has 0 aromatic rings. The first-order chi connectivity index (χ1) is 6.69. The summed E-state index contributed by atoms with van der Waals surface area (Å²) < 4.78 is 0. The second kappa shape index (κ2) is 5.32. The van der Waals surface area contributed by atoms with Crippen LogP contribution in [0.5, 0.6) is 0 Å². The first-order valence-electron chi connectivity index (χ1n) is 5.26. The average Bonchev–Trinajstić information content (AvgIpc) is 2.18. The van der Waals surface area contributed by atoms with Crippen LogP contribution >= 0.6 is 0 Å². The molecule has 1 aliphatic rings. The lowest BCUT2D eigenvalue weighted by molar-refractivity contribution is -0.145. The quantitative estimate of drug-likeness (QED) is 0.697. The minimum Gasteiger partial charge on any atom is -0.480 e. The Bertz CT molecular complexity index is 196. The van der Waals surface area contributed by atoms with Gasteiger partial charge < -0.3 is 10.2 Å². The molecule has 0 amide bonds. The molecule has 0 aromatic heterocycles. The van der Waals surface area contributed by atoms with Crippen LogP contribution in [0.25, 0.3) is 0 Å². The number of likely N-dealkylation sites (tertiary alicyclic amines) is 1. The normalized spacial score (nSPS) is 29.0. The summed E-state index contributed by atoms with van der Waals surface area (Å²) in [5.74, 6) is -0.349. The fourth-order valence-electron chi connectivity index (χ4n) is 2.17. The number of carboxylic acid groups (broad SMARTS) is 1. The van der Waals surface area contributed by atoms with E-state index in [1.165, 1.54) is 0 Å². The standard InChI is InChI=1S/C10H19NO3/c1-2-11-5-3-8(4-6-12)7-9(11)10(13)14/h8-9,12H,2-7H2,1H3,(H,13,14). The third-order valence-corrected chi connectivity index (χ3v) is 3.05. The molecule has 2 unspecified atom stereocenters. The molecule has 1 saturated heterocycles. The number of aliphatic carboxylic acids is 1. The van der Waals surface area contributed by atoms with Crippen molar-refractivity contribution in [2.45, 2.75) is 32.2 Å². The zero-order valence-electron chi connectivity index (χ0n) is 8.65. The van der Waals surface area contributed by atoms with E-state index >= 15 is 0 Å². The molecule has 4 nitrogen and oxygen atoms in total. The first kappa shape index (κ1) is 11.5. The molecule has 1 rings (SSSR count). The van der Waals surface area contributed by atoms with Gasteiger partial charge in [-0.2, -0.15) is 0 Å². The number of aliphatic hydroxyl groups is 1. The summed E-state index contributed by atoms with van der Waals surface area (Å²) in [6.45, 7) is 3.80. The van der Waals surface area contributed by atoms with Gasteiger partial charge in [0.2, 0.25) is 0 Å². The van der Waals surface area contributed by atoms with Crippen molar-refractivity contribution in [3.05, 3.63) is 0 Å². The third-order valence-electron chi connectivity index (χ3n) is 3.05. The van der Waals surface area contributed by atoms with Crippen molar-refractivity contribution >= 4 is 5.97 Å². The van der Waals surface area contributed by atoms with Gasteiger partial charge in [-0.3, -0.25) is 9.69 Å². The van der Waals surface area contributed by atoms with Crippen molar-refractivity contribution in [2.75, 3.05) is 19.7 Å². The van der Waals surface area contributed by atoms with Crippen molar-refractivity contribution in [3.63, 3.8) is 0 Å². The number of hydrogen-bond acceptors (Lipinski definition) is 3. The molecule has 4 heteroatoms. The zero-order chi connectivity index (χ0) is 10.6. The topological polar surface area (TPSA) is 60.8 Å². The molecular formula is C10H19NO3. The van der Waals surface area contributed by atoms with Gasteiger partial charge in [0.15, 0.2) is 0 Å². The van der Waals surface area contributed by atoms with Gasteiger partial charge in [-0.1, -0.05) is 6.92 Å². The minimum absolute atomic E-state index is 0.170. The number of nitrogens with zero attached hydrogens (tertiary/aromatic N) is 1. The Hall–Kier alpha value is -0.610. The number of piperidine rings is 1. The van der Waals surface area contributed by atoms with Crippen LogP contribution in [0.1, 0.15) is 26.2 Å². The molecule has 0 spiro atoms. The van der Waals surface area contributed by atoms with Gasteiger partial charge in [0.05, 0.1) is 0 Å². The number of hydrogen-bond donors (Lipinski definition) is 2. The summed E-state index contributed by atoms with van der Waals surface area (Å²) in [4.78, 5) is 13.0. The molecule has 0 radical (unpaired) electrons. The monoisotopic (exact) mass is 201 g/mol. The average molecular weight is 201 g/mol. The van der Waals surface area contributed by atoms with Gasteiger partial charge in [-0.05, 0) is 38.3 Å². The van der Waals surface area contributed by atoms with E-state index < -0.39 is 5.97 Å². The van der Waals surface area contributed by atoms with E-state index in [0.29, 0.717) is 12.3 Å². The van der Waals surface area contributed by atoms with Gasteiger partial charge in [0.1, 0.15) is 6.04 Å². The van der Waals surface area contributed by atoms with Crippen LogP contribution in [0, 0.1) is 5.92 Å². The minimum atomic E-state index is -0.727. The van der Waals surface area contributed by atoms with Crippen molar-refractivity contribution in [2.24, 2.45) is 5.92 Å². The van der Waals surface area contributed by atoms with Crippen molar-refractivity contribution in [3.8, 4) is 0 Å². The highest BCUT2D eigenvalue weighted by Gasteiger charge is 2.31. The predicted molar refractivity (Wildman–Crippen MR) is 53.1 cm³/mol. The Morgan fingerprint density at radius 2 is 2.29 bits per heavy atom. The highest BCUT2D eigenvalue weighted by Crippen LogP contribution is 2.25. The van der Waals surface area contributed by atoms with Crippen LogP contribution < -0.4 is 0 Å². The summed E-state index contributed by atoms with van der Waals surface area (Å²) in [5, 5.41) is 17.8. The van der Waals surface area contributed by atoms with Crippen LogP contribution in [0.2, 0.25) is 0 Å². The van der Waals surface area contributed by atoms with Crippen LogP contribution in [0.15, 0.2) is 0 Å². The van der Waals surface area contributed by atoms with E-state index in [9.17, 15) is 4.79 Å². The molecule has 2 atom stereocenters. The summed E-state index contributed by atoms with van der Waals surface area (Å²) in [5.41, 5.74) is 0. The number of carboxylic acids is 1. The Morgan fingerprint density at radius 1 is 1.57 bits per heavy atom. The number of aliphatic hydroxyl groups excluding tert-OH is 1. The molecule has 2 N–H and O–H groups in total. The Kier molecular flexibility index (Phi) is 4.35. The number of carbonyl (C=O) groups is 1. The van der Waals surface area contributed by atoms with Crippen LogP contribution in [-0.2, 0) is 4.79 Å². The molecular weight excluding hydrogens is 182 g/mol. The molecule has 0 aliphatic carbocycles. The largest absolute Gasteiger partial charge is 0.480 e. The molecule has 1 fully saturated rings. The summed E-state index contributed by atoms with van der Waals surface area (Å²) >= 11 is 0. The van der Waals surface area contributed by atoms with Gasteiger partial charge in [0.25, 0.3) is 0 Å². The van der Waals surface area contributed by atoms with Crippen molar-refractivity contribution < 1.29 is 15.0 Å². The lowest BCUT2D eigenvalue weighted by Gasteiger charge is -2.36. The second-order valence-electron chi connectivity index (χ2n) is 3.89. The molecule has 14 heavy (non-hydrogen) atoms. The maximum Gasteiger partial charge on any atom is 0.320 e. The molecule has 1 aliphatic heterocycles. The van der Waals surface area contributed by atoms with E-state index in [2.05, 4.69) is 0 Å². The van der Waals surface area contributed by atoms with Crippen LogP contribution in [0.3, 0.4) is 0 Å². The summed E-state index contributed by atoms with van der Waals surface area (Å²) in [7, 11) is 0. The Morgan fingerprint density at radius 3 is 2.79 bits per heavy atom. The van der Waals surface area contributed by atoms with E-state index in [0.717, 1.165) is 25.9 Å². The van der Waals surface area contributed by atoms with Crippen molar-refractivity contribution in [1.29, 1.82) is 0 Å². The Labute approximate surface area is 84.5 Å². The maximum absolute atomic E-state index is 11.0. The smallest absolute Gasteiger partial charge is 0.320 e. The lowest BCUT2D eigenvalue weighted by atomic mass is 9.88. The van der Waals surface area contributed by atoms with E-state index in [-0.39, 0.29) is 12.6 Å². The lowest BCUT2D eigenvalue weighted by Crippen LogP contribution is -2.47. The van der Waals surface area contributed by atoms with Crippen molar-refractivity contribution in [1.82, 2.24) is 4.90 Å². The highest BCUT2D eigenvalue weighted by molar-refractivity contribution is 5.73. The molecule has 1 heterocycles. The number of rotatable bonds is 4. The van der Waals surface area contributed by atoms with Gasteiger partial charge in [0, 0.05) is 6.61 Å². The van der Waals surface area contributed by atoms with Gasteiger partial charge >= 0.3 is 5.97 Å². The fraction of sp³-hybridized carbons (Fsp3) is 0.900. The third kappa shape index (κ3) is 2.69. The van der Waals surface area contributed by atoms with E-state index in [1.807, 2.05) is 11.8 Å². The maximum atomic E-state index is 11.0. The summed E-state index contributed by atoms with van der Waals surface area (Å²) in [6.07, 6.45) is 2.43. The predicted octanol–water partition coefficient (Wildman–Crippen LogP) is 0.554. The SMILES string of the molecule is CCN1CCC(CCO)CC1C(=O)O. The molecule has 82 valence electrons. The van der Waals surface area contributed by atoms with E-state index in [1.54, 1.807) is 0 Å². The molecule has 0 aromatic carbocycles. The Balaban J connectivity index is 2.52. The first-order valence-corrected chi connectivity index (χ1v) is 5.26. The highest BCUT2D eigenvalue weighted by atomic mass is 16.4. The molecule has 0 bridgehead atoms.